The van der Waals surface area contributed by atoms with E-state index in [1.54, 1.807) is 14.2 Å². The van der Waals surface area contributed by atoms with Gasteiger partial charge >= 0.3 is 8.80 Å². The number of methoxy groups -OCH3 is 2. The van der Waals surface area contributed by atoms with Crippen LogP contribution in [-0.2, 0) is 19.7 Å². The van der Waals surface area contributed by atoms with Crippen molar-refractivity contribution in [3.63, 3.8) is 0 Å². The van der Waals surface area contributed by atoms with Gasteiger partial charge in [-0.2, -0.15) is 0 Å². The van der Waals surface area contributed by atoms with Gasteiger partial charge in [-0.1, -0.05) is 12.1 Å². The molecule has 0 aliphatic carbocycles. The molecule has 0 amide bonds. The molecule has 1 atom stereocenters. The van der Waals surface area contributed by atoms with E-state index in [2.05, 4.69) is 61.8 Å². The van der Waals surface area contributed by atoms with E-state index in [9.17, 15) is 0 Å². The Kier molecular flexibility index (Phi) is 12.4. The molecule has 0 saturated carbocycles. The molecule has 0 aliphatic rings. The molecule has 5 nitrogen and oxygen atoms in total. The summed E-state index contributed by atoms with van der Waals surface area (Å²) in [6.07, 6.45) is -1.56. The summed E-state index contributed by atoms with van der Waals surface area (Å²) in [7, 11) is 22.2. The first-order valence-corrected chi connectivity index (χ1v) is 28.1. The predicted molar refractivity (Wildman–Crippen MR) is 139 cm³/mol. The van der Waals surface area contributed by atoms with E-state index in [4.69, 9.17) is 22.8 Å². The third-order valence-corrected chi connectivity index (χ3v) is 83.4. The van der Waals surface area contributed by atoms with Crippen molar-refractivity contribution >= 4 is 77.2 Å². The molecule has 1 unspecified atom stereocenters. The number of benzene rings is 1. The quantitative estimate of drug-likeness (QED) is 0.308. The molecule has 0 saturated heterocycles. The molecule has 31 heavy (non-hydrogen) atoms. The van der Waals surface area contributed by atoms with Crippen LogP contribution in [0, 0.1) is 6.92 Å². The molecule has 16 radical (unpaired) electrons. The number of rotatable bonds is 14. The Morgan fingerprint density at radius 3 is 1.87 bits per heavy atom. The van der Waals surface area contributed by atoms with Crippen LogP contribution in [0.4, 0.5) is 0 Å². The fraction of sp³-hybridized carbons (Fsp3) is 0.647. The first-order valence-electron chi connectivity index (χ1n) is 10.2. The van der Waals surface area contributed by atoms with Crippen molar-refractivity contribution in [2.45, 2.75) is 40.2 Å². The highest BCUT2D eigenvalue weighted by molar-refractivity contribution is 8.11. The minimum absolute atomic E-state index is 0.592. The molecule has 0 N–H and O–H groups in total. The monoisotopic (exact) mass is 566 g/mol. The van der Waals surface area contributed by atoms with E-state index in [-0.39, 0.29) is 0 Å². The lowest BCUT2D eigenvalue weighted by Crippen LogP contribution is -2.89. The second-order valence-corrected chi connectivity index (χ2v) is 55.9. The molecule has 1 aromatic rings. The fourth-order valence-corrected chi connectivity index (χ4v) is 97.8. The highest BCUT2D eigenvalue weighted by atomic mass is 30.4. The summed E-state index contributed by atoms with van der Waals surface area (Å²) in [5.41, 5.74) is 2.23. The summed E-state index contributed by atoms with van der Waals surface area (Å²) in [5.74, 6) is 1.52. The van der Waals surface area contributed by atoms with Gasteiger partial charge in [-0.25, -0.2) is 0 Å². The highest BCUT2D eigenvalue weighted by Gasteiger charge is 2.65. The van der Waals surface area contributed by atoms with Gasteiger partial charge in [0.1, 0.15) is 13.5 Å². The lowest BCUT2D eigenvalue weighted by molar-refractivity contribution is 0.229. The first-order chi connectivity index (χ1) is 14.4. The molecule has 14 heteroatoms. The van der Waals surface area contributed by atoms with Crippen molar-refractivity contribution in [1.29, 1.82) is 0 Å². The van der Waals surface area contributed by atoms with Crippen molar-refractivity contribution < 1.29 is 22.8 Å². The van der Waals surface area contributed by atoms with Gasteiger partial charge in [0.15, 0.2) is 11.5 Å². The maximum atomic E-state index is 6.39. The lowest BCUT2D eigenvalue weighted by Gasteiger charge is -2.52. The van der Waals surface area contributed by atoms with Crippen LogP contribution >= 0.6 is 0 Å². The van der Waals surface area contributed by atoms with Crippen molar-refractivity contribution in [1.82, 2.24) is 0 Å². The lowest BCUT2D eigenvalue weighted by atomic mass is 10.1. The SMILES string of the molecule is CCO[Si](OCC)[Si](CCc1cc(C)cc(OC)c1OC)([Si]([Si])([Si])[Si])[Si]([Si])([Si])OCC. The average molecular weight is 567 g/mol. The minimum Gasteiger partial charge on any atom is -0.493 e. The van der Waals surface area contributed by atoms with Crippen molar-refractivity contribution in [3.8, 4) is 11.5 Å². The van der Waals surface area contributed by atoms with E-state index in [0.29, 0.717) is 19.8 Å². The molecular formula is C17H30O5Si9. The van der Waals surface area contributed by atoms with Crippen molar-refractivity contribution in [2.75, 3.05) is 34.0 Å². The number of ether oxygens (including phenoxy) is 2. The molecule has 164 valence electrons. The number of hydrogen-bond donors (Lipinski definition) is 0. The van der Waals surface area contributed by atoms with Gasteiger partial charge in [-0.05, 0) is 51.3 Å². The first kappa shape index (κ1) is 29.7. The van der Waals surface area contributed by atoms with E-state index in [1.165, 1.54) is 0 Å². The van der Waals surface area contributed by atoms with Gasteiger partial charge in [0, 0.05) is 74.8 Å². The Morgan fingerprint density at radius 1 is 0.871 bits per heavy atom. The maximum Gasteiger partial charge on any atom is 0.354 e. The summed E-state index contributed by atoms with van der Waals surface area (Å²) in [6, 6.07) is 5.03. The molecule has 0 spiro atoms. The maximum absolute atomic E-state index is 6.39. The van der Waals surface area contributed by atoms with Crippen LogP contribution < -0.4 is 9.47 Å². The van der Waals surface area contributed by atoms with E-state index in [1.807, 2.05) is 26.8 Å². The second-order valence-electron chi connectivity index (χ2n) is 7.08. The molecule has 1 aromatic carbocycles. The molecule has 0 aliphatic heterocycles. The predicted octanol–water partition coefficient (Wildman–Crippen LogP) is 0.557. The highest BCUT2D eigenvalue weighted by Crippen LogP contribution is 2.37. The Bertz CT molecular complexity index is 695. The van der Waals surface area contributed by atoms with Crippen LogP contribution in [0.1, 0.15) is 31.9 Å². The van der Waals surface area contributed by atoms with Crippen LogP contribution in [-0.4, -0.2) is 111 Å². The normalized spacial score (nSPS) is 14.6. The van der Waals surface area contributed by atoms with E-state index < -0.39 is 28.4 Å². The Hall–Kier alpha value is 0.652. The van der Waals surface area contributed by atoms with Gasteiger partial charge in [0.05, 0.1) is 14.2 Å². The third kappa shape index (κ3) is 6.84. The average Bonchev–Trinajstić information content (AvgIpc) is 2.66. The molecule has 0 heterocycles. The van der Waals surface area contributed by atoms with Gasteiger partial charge in [0.25, 0.3) is 0 Å². The van der Waals surface area contributed by atoms with Gasteiger partial charge in [0.2, 0.25) is 0 Å². The Labute approximate surface area is 208 Å². The largest absolute Gasteiger partial charge is 0.493 e. The van der Waals surface area contributed by atoms with Gasteiger partial charge in [-0.3, -0.25) is 0 Å². The van der Waals surface area contributed by atoms with Gasteiger partial charge in [-0.15, -0.1) is 0 Å². The van der Waals surface area contributed by atoms with Crippen molar-refractivity contribution in [3.05, 3.63) is 23.3 Å². The summed E-state index contributed by atoms with van der Waals surface area (Å²) < 4.78 is 30.4. The Morgan fingerprint density at radius 2 is 1.45 bits per heavy atom. The van der Waals surface area contributed by atoms with Crippen LogP contribution in [0.3, 0.4) is 0 Å². The van der Waals surface area contributed by atoms with Crippen LogP contribution in [0.25, 0.3) is 0 Å². The van der Waals surface area contributed by atoms with E-state index in [0.717, 1.165) is 35.1 Å². The van der Waals surface area contributed by atoms with Gasteiger partial charge < -0.3 is 22.8 Å². The summed E-state index contributed by atoms with van der Waals surface area (Å²) >= 11 is 0. The smallest absolute Gasteiger partial charge is 0.354 e. The zero-order valence-electron chi connectivity index (χ0n) is 19.2. The summed E-state index contributed by atoms with van der Waals surface area (Å²) in [6.45, 7) is 4.81. The topological polar surface area (TPSA) is 46.2 Å². The molecule has 1 rings (SSSR count). The zero-order valence-corrected chi connectivity index (χ0v) is 28.2. The number of aryl methyl sites for hydroxylation is 2. The number of hydrogen-bond acceptors (Lipinski definition) is 5. The fourth-order valence-electron chi connectivity index (χ4n) is 3.62. The molecule has 0 fully saturated rings. The second kappa shape index (κ2) is 12.9. The van der Waals surface area contributed by atoms with Crippen LogP contribution in [0.15, 0.2) is 12.1 Å². The van der Waals surface area contributed by atoms with Crippen LogP contribution in [0.2, 0.25) is 6.04 Å². The van der Waals surface area contributed by atoms with Crippen molar-refractivity contribution in [2.24, 2.45) is 0 Å². The molecule has 0 bridgehead atoms. The minimum atomic E-state index is -2.58. The third-order valence-electron chi connectivity index (χ3n) is 4.97. The van der Waals surface area contributed by atoms with Crippen LogP contribution in [0.5, 0.6) is 11.5 Å². The zero-order chi connectivity index (χ0) is 23.9. The standard InChI is InChI=1S/C17H30O5Si9/c1-7-20-28(21-8-2)29(31(25,26)27,30(23,24)22-9-3)11-10-15-12-14(4)13-16(18-5)17(15)19-6/h12-13H,7-11H2,1-6H3. The van der Waals surface area contributed by atoms with E-state index >= 15 is 0 Å². The Balaban J connectivity index is 3.63. The molecule has 0 aromatic heterocycles. The molecular weight excluding hydrogens is 537 g/mol. The summed E-state index contributed by atoms with van der Waals surface area (Å²) in [5, 5.41) is 0. The summed E-state index contributed by atoms with van der Waals surface area (Å²) in [4.78, 5) is 0.